The molecule has 0 aliphatic carbocycles. The first kappa shape index (κ1) is 17.9. The van der Waals surface area contributed by atoms with E-state index in [0.29, 0.717) is 5.75 Å². The van der Waals surface area contributed by atoms with Gasteiger partial charge in [0.1, 0.15) is 10.8 Å². The Kier molecular flexibility index (Phi) is 5.81. The second-order valence-corrected chi connectivity index (χ2v) is 8.53. The van der Waals surface area contributed by atoms with Gasteiger partial charge in [0.2, 0.25) is 5.91 Å². The molecule has 6 heteroatoms. The molecule has 1 aromatic carbocycles. The fourth-order valence-corrected chi connectivity index (χ4v) is 3.57. The summed E-state index contributed by atoms with van der Waals surface area (Å²) >= 11 is 3.09. The molecule has 2 rings (SSSR count). The molecule has 3 nitrogen and oxygen atoms in total. The summed E-state index contributed by atoms with van der Waals surface area (Å²) in [6.45, 7) is 7.81. The first-order valence-corrected chi connectivity index (χ1v) is 9.31. The normalized spacial score (nSPS) is 12.9. The average molecular weight is 353 g/mol. The number of nitrogens with zero attached hydrogens (tertiary/aromatic N) is 1. The summed E-state index contributed by atoms with van der Waals surface area (Å²) in [4.78, 5) is 16.6. The van der Waals surface area contributed by atoms with E-state index < -0.39 is 0 Å². The number of aromatic nitrogens is 1. The SMILES string of the molecule is CC(SCc1csc(-c2ccc(F)cc2)n1)C(=O)NC(C)(C)C. The van der Waals surface area contributed by atoms with Gasteiger partial charge in [-0.05, 0) is 52.0 Å². The number of nitrogens with one attached hydrogen (secondary N) is 1. The molecule has 1 heterocycles. The molecule has 1 aromatic heterocycles. The third-order valence-electron chi connectivity index (χ3n) is 2.99. The molecule has 2 aromatic rings. The van der Waals surface area contributed by atoms with Crippen LogP contribution in [0.5, 0.6) is 0 Å². The second-order valence-electron chi connectivity index (χ2n) is 6.34. The minimum Gasteiger partial charge on any atom is -0.351 e. The summed E-state index contributed by atoms with van der Waals surface area (Å²) in [7, 11) is 0. The van der Waals surface area contributed by atoms with Crippen LogP contribution < -0.4 is 5.32 Å². The van der Waals surface area contributed by atoms with Crippen LogP contribution in [0.25, 0.3) is 10.6 Å². The Balaban J connectivity index is 1.92. The third-order valence-corrected chi connectivity index (χ3v) is 5.11. The summed E-state index contributed by atoms with van der Waals surface area (Å²) in [5, 5.41) is 5.70. The monoisotopic (exact) mass is 352 g/mol. The number of carbonyl (C=O) groups excluding carboxylic acids is 1. The standard InChI is InChI=1S/C17H21FN2OS2/c1-11(15(21)20-17(2,3)4)22-9-14-10-23-16(19-14)12-5-7-13(18)8-6-12/h5-8,10-11H,9H2,1-4H3,(H,20,21). The average Bonchev–Trinajstić information content (AvgIpc) is 2.92. The van der Waals surface area contributed by atoms with Crippen LogP contribution in [0.1, 0.15) is 33.4 Å². The minimum atomic E-state index is -0.250. The third kappa shape index (κ3) is 5.62. The lowest BCUT2D eigenvalue weighted by Crippen LogP contribution is -2.44. The zero-order valence-corrected chi connectivity index (χ0v) is 15.4. The smallest absolute Gasteiger partial charge is 0.233 e. The van der Waals surface area contributed by atoms with Crippen molar-refractivity contribution < 1.29 is 9.18 Å². The Morgan fingerprint density at radius 2 is 2.00 bits per heavy atom. The molecule has 0 spiro atoms. The van der Waals surface area contributed by atoms with Gasteiger partial charge in [-0.15, -0.1) is 23.1 Å². The van der Waals surface area contributed by atoms with Gasteiger partial charge in [0, 0.05) is 22.2 Å². The van der Waals surface area contributed by atoms with Crippen molar-refractivity contribution in [3.8, 4) is 10.6 Å². The van der Waals surface area contributed by atoms with E-state index in [0.717, 1.165) is 16.3 Å². The van der Waals surface area contributed by atoms with E-state index in [4.69, 9.17) is 0 Å². The zero-order valence-electron chi connectivity index (χ0n) is 13.7. The van der Waals surface area contributed by atoms with Crippen molar-refractivity contribution in [1.82, 2.24) is 10.3 Å². The van der Waals surface area contributed by atoms with Crippen LogP contribution in [-0.4, -0.2) is 21.7 Å². The maximum Gasteiger partial charge on any atom is 0.233 e. The molecule has 1 atom stereocenters. The number of hydrogen-bond acceptors (Lipinski definition) is 4. The van der Waals surface area contributed by atoms with E-state index in [1.165, 1.54) is 23.5 Å². The molecular weight excluding hydrogens is 331 g/mol. The first-order chi connectivity index (χ1) is 10.7. The van der Waals surface area contributed by atoms with E-state index >= 15 is 0 Å². The molecule has 0 bridgehead atoms. The molecule has 0 radical (unpaired) electrons. The number of amides is 1. The van der Waals surface area contributed by atoms with Crippen molar-refractivity contribution in [2.45, 2.75) is 44.2 Å². The van der Waals surface area contributed by atoms with Crippen molar-refractivity contribution in [3.63, 3.8) is 0 Å². The number of benzene rings is 1. The van der Waals surface area contributed by atoms with E-state index in [2.05, 4.69) is 10.3 Å². The Hall–Kier alpha value is -1.40. The first-order valence-electron chi connectivity index (χ1n) is 7.38. The molecule has 0 saturated carbocycles. The maximum atomic E-state index is 13.0. The Labute approximate surface area is 144 Å². The highest BCUT2D eigenvalue weighted by molar-refractivity contribution is 7.99. The highest BCUT2D eigenvalue weighted by atomic mass is 32.2. The summed E-state index contributed by atoms with van der Waals surface area (Å²) in [5.41, 5.74) is 1.63. The highest BCUT2D eigenvalue weighted by Crippen LogP contribution is 2.26. The molecule has 0 saturated heterocycles. The number of thiazole rings is 1. The topological polar surface area (TPSA) is 42.0 Å². The van der Waals surface area contributed by atoms with Gasteiger partial charge in [-0.1, -0.05) is 0 Å². The van der Waals surface area contributed by atoms with Crippen molar-refractivity contribution in [2.24, 2.45) is 0 Å². The van der Waals surface area contributed by atoms with Crippen molar-refractivity contribution in [3.05, 3.63) is 41.2 Å². The molecule has 1 N–H and O–H groups in total. The van der Waals surface area contributed by atoms with Crippen LogP contribution in [0.3, 0.4) is 0 Å². The van der Waals surface area contributed by atoms with Gasteiger partial charge in [-0.2, -0.15) is 0 Å². The number of halogens is 1. The number of carbonyl (C=O) groups is 1. The molecular formula is C17H21FN2OS2. The lowest BCUT2D eigenvalue weighted by atomic mass is 10.1. The summed E-state index contributed by atoms with van der Waals surface area (Å²) in [5.74, 6) is 0.465. The fraction of sp³-hybridized carbons (Fsp3) is 0.412. The minimum absolute atomic E-state index is 0.0384. The lowest BCUT2D eigenvalue weighted by Gasteiger charge is -2.22. The van der Waals surface area contributed by atoms with Crippen LogP contribution in [-0.2, 0) is 10.5 Å². The largest absolute Gasteiger partial charge is 0.351 e. The lowest BCUT2D eigenvalue weighted by molar-refractivity contribution is -0.121. The number of hydrogen-bond donors (Lipinski definition) is 1. The number of rotatable bonds is 5. The van der Waals surface area contributed by atoms with Crippen molar-refractivity contribution >= 4 is 29.0 Å². The predicted octanol–water partition coefficient (Wildman–Crippen LogP) is 4.49. The quantitative estimate of drug-likeness (QED) is 0.862. The van der Waals surface area contributed by atoms with Gasteiger partial charge in [0.25, 0.3) is 0 Å². The van der Waals surface area contributed by atoms with Gasteiger partial charge in [0.15, 0.2) is 0 Å². The molecule has 0 fully saturated rings. The van der Waals surface area contributed by atoms with E-state index in [1.54, 1.807) is 23.9 Å². The summed E-state index contributed by atoms with van der Waals surface area (Å²) in [6.07, 6.45) is 0. The van der Waals surface area contributed by atoms with Gasteiger partial charge in [-0.3, -0.25) is 4.79 Å². The van der Waals surface area contributed by atoms with Gasteiger partial charge < -0.3 is 5.32 Å². The van der Waals surface area contributed by atoms with E-state index in [9.17, 15) is 9.18 Å². The second kappa shape index (κ2) is 7.45. The van der Waals surface area contributed by atoms with Crippen LogP contribution in [0.15, 0.2) is 29.6 Å². The molecule has 23 heavy (non-hydrogen) atoms. The Morgan fingerprint density at radius 1 is 1.35 bits per heavy atom. The van der Waals surface area contributed by atoms with Gasteiger partial charge in [-0.25, -0.2) is 9.37 Å². The zero-order chi connectivity index (χ0) is 17.0. The molecule has 124 valence electrons. The van der Waals surface area contributed by atoms with E-state index in [-0.39, 0.29) is 22.5 Å². The van der Waals surface area contributed by atoms with Crippen molar-refractivity contribution in [1.29, 1.82) is 0 Å². The van der Waals surface area contributed by atoms with Crippen LogP contribution in [0.4, 0.5) is 4.39 Å². The fourth-order valence-electron chi connectivity index (χ4n) is 1.86. The Bertz CT molecular complexity index is 662. The molecule has 0 aliphatic rings. The number of thioether (sulfide) groups is 1. The molecule has 1 amide bonds. The molecule has 1 unspecified atom stereocenters. The van der Waals surface area contributed by atoms with Crippen LogP contribution >= 0.6 is 23.1 Å². The van der Waals surface area contributed by atoms with E-state index in [1.807, 2.05) is 33.1 Å². The predicted molar refractivity (Wildman–Crippen MR) is 96.2 cm³/mol. The van der Waals surface area contributed by atoms with Gasteiger partial charge >= 0.3 is 0 Å². The van der Waals surface area contributed by atoms with Crippen molar-refractivity contribution in [2.75, 3.05) is 0 Å². The van der Waals surface area contributed by atoms with Gasteiger partial charge in [0.05, 0.1) is 10.9 Å². The van der Waals surface area contributed by atoms with Crippen LogP contribution in [0, 0.1) is 5.82 Å². The Morgan fingerprint density at radius 3 is 2.61 bits per heavy atom. The summed E-state index contributed by atoms with van der Waals surface area (Å²) in [6, 6.07) is 6.32. The maximum absolute atomic E-state index is 13.0. The highest BCUT2D eigenvalue weighted by Gasteiger charge is 2.19. The van der Waals surface area contributed by atoms with Crippen LogP contribution in [0.2, 0.25) is 0 Å². The molecule has 0 aliphatic heterocycles. The summed E-state index contributed by atoms with van der Waals surface area (Å²) < 4.78 is 13.0.